The van der Waals surface area contributed by atoms with Crippen molar-refractivity contribution in [3.05, 3.63) is 0 Å². The van der Waals surface area contributed by atoms with Gasteiger partial charge in [-0.15, -0.1) is 0 Å². The average molecular weight is 416 g/mol. The summed E-state index contributed by atoms with van der Waals surface area (Å²) in [6.45, 7) is 1.35. The summed E-state index contributed by atoms with van der Waals surface area (Å²) in [7, 11) is 0. The van der Waals surface area contributed by atoms with Crippen LogP contribution in [-0.2, 0) is 14.3 Å². The number of aliphatic hydroxyl groups excluding tert-OH is 5. The predicted molar refractivity (Wildman–Crippen MR) is 106 cm³/mol. The van der Waals surface area contributed by atoms with E-state index in [1.807, 2.05) is 0 Å². The maximum atomic E-state index is 11.7. The molecule has 0 aromatic heterocycles. The summed E-state index contributed by atoms with van der Waals surface area (Å²) in [4.78, 5) is 23.2. The van der Waals surface area contributed by atoms with Gasteiger partial charge in [0, 0.05) is 0 Å². The first-order chi connectivity index (χ1) is 12.9. The van der Waals surface area contributed by atoms with Gasteiger partial charge in [-0.2, -0.15) is 0 Å². The second-order valence-electron chi connectivity index (χ2n) is 6.86. The molecule has 0 aliphatic rings. The Balaban J connectivity index is 0. The van der Waals surface area contributed by atoms with Crippen LogP contribution in [0.1, 0.15) is 71.1 Å². The zero-order valence-electron chi connectivity index (χ0n) is 16.3. The van der Waals surface area contributed by atoms with Crippen LogP contribution in [0.4, 0.5) is 0 Å². The maximum absolute atomic E-state index is 11.7. The van der Waals surface area contributed by atoms with Crippen LogP contribution >= 0.6 is 0 Å². The Hall–Kier alpha value is -0.0600. The Kier molecular flexibility index (Phi) is 20.4. The molecule has 0 amide bonds. The summed E-state index contributed by atoms with van der Waals surface area (Å²) in [5.41, 5.74) is 0. The predicted octanol–water partition coefficient (Wildman–Crippen LogP) is -0.193. The van der Waals surface area contributed by atoms with Crippen molar-refractivity contribution >= 4 is 41.3 Å². The number of hydrogen-bond acceptors (Lipinski definition) is 8. The van der Waals surface area contributed by atoms with Gasteiger partial charge in [-0.25, -0.2) is 4.79 Å². The molecule has 8 nitrogen and oxygen atoms in total. The fourth-order valence-corrected chi connectivity index (χ4v) is 2.62. The van der Waals surface area contributed by atoms with Crippen molar-refractivity contribution in [2.24, 2.45) is 0 Å². The molecular weight excluding hydrogens is 379 g/mol. The van der Waals surface area contributed by atoms with Crippen LogP contribution in [0.25, 0.3) is 0 Å². The Morgan fingerprint density at radius 2 is 1.25 bits per heavy atom. The molecule has 9 heteroatoms. The van der Waals surface area contributed by atoms with Crippen molar-refractivity contribution in [2.45, 2.75) is 95.5 Å². The van der Waals surface area contributed by atoms with Crippen molar-refractivity contribution in [1.82, 2.24) is 0 Å². The van der Waals surface area contributed by atoms with Crippen LogP contribution in [-0.4, -0.2) is 104 Å². The molecule has 0 saturated heterocycles. The zero-order chi connectivity index (χ0) is 20.7. The fourth-order valence-electron chi connectivity index (χ4n) is 2.62. The van der Waals surface area contributed by atoms with E-state index >= 15 is 0 Å². The van der Waals surface area contributed by atoms with E-state index in [1.165, 1.54) is 38.5 Å². The van der Waals surface area contributed by atoms with Gasteiger partial charge in [0.2, 0.25) is 0 Å². The van der Waals surface area contributed by atoms with Crippen LogP contribution in [0.3, 0.4) is 0 Å². The molecule has 0 aliphatic heterocycles. The van der Waals surface area contributed by atoms with Crippen molar-refractivity contribution in [2.75, 3.05) is 13.2 Å². The molecule has 0 saturated carbocycles. The average Bonchev–Trinajstić information content (AvgIpc) is 2.68. The van der Waals surface area contributed by atoms with E-state index in [2.05, 4.69) is 6.92 Å². The van der Waals surface area contributed by atoms with Gasteiger partial charge in [0.1, 0.15) is 18.3 Å². The molecule has 0 bridgehead atoms. The van der Waals surface area contributed by atoms with E-state index in [4.69, 9.17) is 9.84 Å². The molecule has 0 unspecified atom stereocenters. The van der Waals surface area contributed by atoms with Crippen molar-refractivity contribution < 1.29 is 39.9 Å². The molecule has 162 valence electrons. The molecule has 0 rings (SSSR count). The van der Waals surface area contributed by atoms with E-state index < -0.39 is 42.8 Å². The minimum absolute atomic E-state index is 0. The Morgan fingerprint density at radius 3 is 1.71 bits per heavy atom. The van der Waals surface area contributed by atoms with Gasteiger partial charge < -0.3 is 30.3 Å². The van der Waals surface area contributed by atoms with E-state index in [-0.39, 0.29) is 36.2 Å². The fraction of sp³-hybridized carbons (Fsp3) is 0.895. The van der Waals surface area contributed by atoms with E-state index in [0.29, 0.717) is 6.42 Å². The SMILES string of the molecule is CCCCCCCCCCCCOC(=O)C(=O)[C@H](O)[C@@H](O)[C@H](O)[C@H](O)CO.[NaH]. The summed E-state index contributed by atoms with van der Waals surface area (Å²) < 4.78 is 4.76. The molecule has 4 atom stereocenters. The number of esters is 1. The molecule has 5 N–H and O–H groups in total. The standard InChI is InChI=1S/C19H36O8.Na.H/c1-2-3-4-5-6-7-8-9-10-11-12-27-19(26)18(25)17(24)16(23)15(22)14(21)13-20;;/h14-17,20-24H,2-13H2,1H3;;/t14-,15-,16+,17-;;/m1../s1. The third kappa shape index (κ3) is 13.2. The normalized spacial score (nSPS) is 15.2. The number of carbonyl (C=O) groups is 2. The number of carbonyl (C=O) groups excluding carboxylic acids is 2. The first kappa shape index (κ1) is 30.1. The van der Waals surface area contributed by atoms with Crippen molar-refractivity contribution in [3.63, 3.8) is 0 Å². The zero-order valence-corrected chi connectivity index (χ0v) is 16.3. The molecule has 0 fully saturated rings. The Bertz CT molecular complexity index is 407. The third-order valence-corrected chi connectivity index (χ3v) is 4.46. The van der Waals surface area contributed by atoms with E-state index in [1.54, 1.807) is 0 Å². The van der Waals surface area contributed by atoms with Crippen LogP contribution in [0.15, 0.2) is 0 Å². The van der Waals surface area contributed by atoms with Crippen molar-refractivity contribution in [1.29, 1.82) is 0 Å². The molecule has 0 aromatic carbocycles. The number of ketones is 1. The summed E-state index contributed by atoms with van der Waals surface area (Å²) in [6, 6.07) is 0. The molecule has 28 heavy (non-hydrogen) atoms. The van der Waals surface area contributed by atoms with Gasteiger partial charge in [0.25, 0.3) is 5.78 Å². The molecule has 0 aromatic rings. The molecule has 0 heterocycles. The third-order valence-electron chi connectivity index (χ3n) is 4.46. The van der Waals surface area contributed by atoms with Gasteiger partial charge in [0.05, 0.1) is 13.2 Å². The number of rotatable bonds is 17. The van der Waals surface area contributed by atoms with E-state index in [0.717, 1.165) is 19.3 Å². The van der Waals surface area contributed by atoms with Gasteiger partial charge in [-0.1, -0.05) is 64.7 Å². The van der Waals surface area contributed by atoms with Crippen LogP contribution < -0.4 is 0 Å². The number of Topliss-reactive ketones (excluding diaryl/α,β-unsaturated/α-hetero) is 1. The molecule has 0 spiro atoms. The van der Waals surface area contributed by atoms with Gasteiger partial charge in [-0.3, -0.25) is 4.79 Å². The summed E-state index contributed by atoms with van der Waals surface area (Å²) in [6.07, 6.45) is 3.06. The summed E-state index contributed by atoms with van der Waals surface area (Å²) in [5, 5.41) is 46.5. The summed E-state index contributed by atoms with van der Waals surface area (Å²) >= 11 is 0. The topological polar surface area (TPSA) is 145 Å². The van der Waals surface area contributed by atoms with E-state index in [9.17, 15) is 30.0 Å². The second kappa shape index (κ2) is 18.9. The second-order valence-corrected chi connectivity index (χ2v) is 6.86. The molecule has 0 radical (unpaired) electrons. The number of unbranched alkanes of at least 4 members (excludes halogenated alkanes) is 9. The quantitative estimate of drug-likeness (QED) is 0.0949. The van der Waals surface area contributed by atoms with Crippen LogP contribution in [0.2, 0.25) is 0 Å². The van der Waals surface area contributed by atoms with Gasteiger partial charge in [-0.05, 0) is 6.42 Å². The monoisotopic (exact) mass is 416 g/mol. The minimum atomic E-state index is -2.23. The first-order valence-electron chi connectivity index (χ1n) is 9.90. The number of hydrogen-bond donors (Lipinski definition) is 5. The van der Waals surface area contributed by atoms with Crippen LogP contribution in [0.5, 0.6) is 0 Å². The number of aliphatic hydroxyl groups is 5. The Labute approximate surface area is 189 Å². The molecular formula is C19H37NaO8. The van der Waals surface area contributed by atoms with Gasteiger partial charge in [0.15, 0.2) is 6.10 Å². The Morgan fingerprint density at radius 1 is 0.786 bits per heavy atom. The van der Waals surface area contributed by atoms with Gasteiger partial charge >= 0.3 is 35.5 Å². The van der Waals surface area contributed by atoms with Crippen molar-refractivity contribution in [3.8, 4) is 0 Å². The molecule has 0 aliphatic carbocycles. The number of ether oxygens (including phenoxy) is 1. The van der Waals surface area contributed by atoms with Crippen LogP contribution in [0, 0.1) is 0 Å². The first-order valence-corrected chi connectivity index (χ1v) is 9.90. The summed E-state index contributed by atoms with van der Waals surface area (Å²) in [5.74, 6) is -2.71.